The second kappa shape index (κ2) is 6.66. The molecule has 0 fully saturated rings. The van der Waals surface area contributed by atoms with E-state index in [9.17, 15) is 0 Å². The normalized spacial score (nSPS) is 11.3. The number of hydrogen-bond acceptors (Lipinski definition) is 2. The summed E-state index contributed by atoms with van der Waals surface area (Å²) < 4.78 is 0. The first-order valence-corrected chi connectivity index (χ1v) is 8.40. The van der Waals surface area contributed by atoms with Gasteiger partial charge in [-0.2, -0.15) is 0 Å². The van der Waals surface area contributed by atoms with Gasteiger partial charge in [0.15, 0.2) is 0 Å². The standard InChI is InChI=1S/C21H21ClN2/c1-21(2,3)17-11-12-23-20(14-17)16-9-10-19(24-22)18(13-16)15-7-5-4-6-8-15/h4-14,24H,1-3H3. The Morgan fingerprint density at radius 2 is 1.62 bits per heavy atom. The van der Waals surface area contributed by atoms with Gasteiger partial charge in [-0.3, -0.25) is 9.82 Å². The summed E-state index contributed by atoms with van der Waals surface area (Å²) in [5.74, 6) is 0. The molecular weight excluding hydrogens is 316 g/mol. The summed E-state index contributed by atoms with van der Waals surface area (Å²) in [6.07, 6.45) is 1.88. The summed E-state index contributed by atoms with van der Waals surface area (Å²) >= 11 is 5.90. The molecule has 2 nitrogen and oxygen atoms in total. The number of halogens is 1. The molecule has 3 heteroatoms. The van der Waals surface area contributed by atoms with Gasteiger partial charge in [-0.1, -0.05) is 57.2 Å². The largest absolute Gasteiger partial charge is 0.298 e. The van der Waals surface area contributed by atoms with E-state index in [2.05, 4.69) is 60.9 Å². The molecule has 0 unspecified atom stereocenters. The SMILES string of the molecule is CC(C)(C)c1ccnc(-c2ccc(NCl)c(-c3ccccc3)c2)c1. The number of nitrogens with zero attached hydrogens (tertiary/aromatic N) is 1. The van der Waals surface area contributed by atoms with Crippen molar-refractivity contribution in [3.8, 4) is 22.4 Å². The van der Waals surface area contributed by atoms with E-state index in [1.54, 1.807) is 0 Å². The lowest BCUT2D eigenvalue weighted by atomic mass is 9.87. The molecule has 0 bridgehead atoms. The van der Waals surface area contributed by atoms with Crippen LogP contribution in [0.2, 0.25) is 0 Å². The van der Waals surface area contributed by atoms with Crippen molar-refractivity contribution in [1.29, 1.82) is 0 Å². The van der Waals surface area contributed by atoms with Gasteiger partial charge in [0.2, 0.25) is 0 Å². The summed E-state index contributed by atoms with van der Waals surface area (Å²) in [5, 5.41) is 0. The fourth-order valence-corrected chi connectivity index (χ4v) is 2.86. The van der Waals surface area contributed by atoms with Crippen molar-refractivity contribution < 1.29 is 0 Å². The first-order valence-electron chi connectivity index (χ1n) is 8.02. The molecule has 24 heavy (non-hydrogen) atoms. The minimum atomic E-state index is 0.0948. The maximum atomic E-state index is 5.90. The maximum Gasteiger partial charge on any atom is 0.0705 e. The molecule has 1 heterocycles. The van der Waals surface area contributed by atoms with Crippen LogP contribution in [0, 0.1) is 0 Å². The summed E-state index contributed by atoms with van der Waals surface area (Å²) in [4.78, 5) is 7.32. The predicted octanol–water partition coefficient (Wildman–Crippen LogP) is 6.28. The minimum Gasteiger partial charge on any atom is -0.298 e. The van der Waals surface area contributed by atoms with E-state index >= 15 is 0 Å². The summed E-state index contributed by atoms with van der Waals surface area (Å²) in [6, 6.07) is 20.6. The quantitative estimate of drug-likeness (QED) is 0.569. The van der Waals surface area contributed by atoms with Crippen molar-refractivity contribution in [3.63, 3.8) is 0 Å². The molecular formula is C21H21ClN2. The van der Waals surface area contributed by atoms with Gasteiger partial charge in [-0.05, 0) is 40.8 Å². The van der Waals surface area contributed by atoms with Crippen molar-refractivity contribution in [2.75, 3.05) is 4.84 Å². The van der Waals surface area contributed by atoms with Gasteiger partial charge in [0.25, 0.3) is 0 Å². The Morgan fingerprint density at radius 3 is 2.29 bits per heavy atom. The topological polar surface area (TPSA) is 24.9 Å². The Labute approximate surface area is 148 Å². The van der Waals surface area contributed by atoms with Crippen molar-refractivity contribution in [1.82, 2.24) is 4.98 Å². The third kappa shape index (κ3) is 3.44. The van der Waals surface area contributed by atoms with Gasteiger partial charge < -0.3 is 0 Å². The molecule has 3 rings (SSSR count). The fourth-order valence-electron chi connectivity index (χ4n) is 2.70. The molecule has 0 aliphatic carbocycles. The van der Waals surface area contributed by atoms with Crippen LogP contribution in [0.4, 0.5) is 5.69 Å². The van der Waals surface area contributed by atoms with Gasteiger partial charge >= 0.3 is 0 Å². The Bertz CT molecular complexity index is 836. The van der Waals surface area contributed by atoms with Crippen LogP contribution in [-0.2, 0) is 5.41 Å². The lowest BCUT2D eigenvalue weighted by Gasteiger charge is -2.19. The van der Waals surface area contributed by atoms with E-state index in [1.165, 1.54) is 5.56 Å². The number of anilines is 1. The predicted molar refractivity (Wildman–Crippen MR) is 103 cm³/mol. The van der Waals surface area contributed by atoms with Crippen molar-refractivity contribution in [2.45, 2.75) is 26.2 Å². The van der Waals surface area contributed by atoms with Crippen LogP contribution in [0.3, 0.4) is 0 Å². The van der Waals surface area contributed by atoms with E-state index in [0.717, 1.165) is 28.1 Å². The Balaban J connectivity index is 2.10. The van der Waals surface area contributed by atoms with E-state index < -0.39 is 0 Å². The van der Waals surface area contributed by atoms with Crippen LogP contribution in [-0.4, -0.2) is 4.98 Å². The molecule has 0 radical (unpaired) electrons. The molecule has 0 saturated carbocycles. The molecule has 3 aromatic rings. The molecule has 0 amide bonds. The number of rotatable bonds is 3. The second-order valence-corrected chi connectivity index (χ2v) is 7.09. The molecule has 0 atom stereocenters. The van der Waals surface area contributed by atoms with Gasteiger partial charge in [0.05, 0.1) is 11.4 Å². The number of benzene rings is 2. The zero-order valence-electron chi connectivity index (χ0n) is 14.2. The highest BCUT2D eigenvalue weighted by Gasteiger charge is 2.15. The van der Waals surface area contributed by atoms with E-state index in [-0.39, 0.29) is 5.41 Å². The second-order valence-electron chi connectivity index (χ2n) is 6.90. The van der Waals surface area contributed by atoms with Crippen LogP contribution in [0.1, 0.15) is 26.3 Å². The summed E-state index contributed by atoms with van der Waals surface area (Å²) in [5.41, 5.74) is 6.49. The Hall–Kier alpha value is -2.32. The van der Waals surface area contributed by atoms with Crippen LogP contribution in [0.25, 0.3) is 22.4 Å². The van der Waals surface area contributed by atoms with Crippen molar-refractivity contribution in [2.24, 2.45) is 0 Å². The van der Waals surface area contributed by atoms with Gasteiger partial charge in [-0.15, -0.1) is 0 Å². The summed E-state index contributed by atoms with van der Waals surface area (Å²) in [6.45, 7) is 6.63. The number of aromatic nitrogens is 1. The molecule has 0 aliphatic heterocycles. The molecule has 2 aromatic carbocycles. The maximum absolute atomic E-state index is 5.90. The highest BCUT2D eigenvalue weighted by molar-refractivity contribution is 6.25. The average Bonchev–Trinajstić information content (AvgIpc) is 2.61. The molecule has 0 aliphatic rings. The lowest BCUT2D eigenvalue weighted by Crippen LogP contribution is -2.11. The van der Waals surface area contributed by atoms with Crippen LogP contribution in [0.5, 0.6) is 0 Å². The van der Waals surface area contributed by atoms with Gasteiger partial charge in [0, 0.05) is 29.1 Å². The highest BCUT2D eigenvalue weighted by atomic mass is 35.5. The third-order valence-electron chi connectivity index (χ3n) is 4.13. The zero-order valence-corrected chi connectivity index (χ0v) is 14.9. The monoisotopic (exact) mass is 336 g/mol. The van der Waals surface area contributed by atoms with Crippen molar-refractivity contribution >= 4 is 17.5 Å². The van der Waals surface area contributed by atoms with Gasteiger partial charge in [0.1, 0.15) is 0 Å². The Kier molecular flexibility index (Phi) is 4.59. The average molecular weight is 337 g/mol. The Morgan fingerprint density at radius 1 is 0.875 bits per heavy atom. The van der Waals surface area contributed by atoms with E-state index in [0.29, 0.717) is 0 Å². The fraction of sp³-hybridized carbons (Fsp3) is 0.190. The van der Waals surface area contributed by atoms with Crippen molar-refractivity contribution in [3.05, 3.63) is 72.4 Å². The third-order valence-corrected chi connectivity index (χ3v) is 4.33. The lowest BCUT2D eigenvalue weighted by molar-refractivity contribution is 0.589. The van der Waals surface area contributed by atoms with Crippen LogP contribution >= 0.6 is 11.8 Å². The van der Waals surface area contributed by atoms with Crippen LogP contribution < -0.4 is 4.84 Å². The smallest absolute Gasteiger partial charge is 0.0705 e. The van der Waals surface area contributed by atoms with E-state index in [4.69, 9.17) is 11.8 Å². The minimum absolute atomic E-state index is 0.0948. The molecule has 0 spiro atoms. The highest BCUT2D eigenvalue weighted by Crippen LogP contribution is 2.33. The number of hydrogen-bond donors (Lipinski definition) is 1. The molecule has 1 aromatic heterocycles. The van der Waals surface area contributed by atoms with Crippen LogP contribution in [0.15, 0.2) is 66.9 Å². The molecule has 1 N–H and O–H groups in total. The van der Waals surface area contributed by atoms with Gasteiger partial charge in [-0.25, -0.2) is 0 Å². The molecule has 122 valence electrons. The first-order chi connectivity index (χ1) is 11.5. The molecule has 0 saturated heterocycles. The first kappa shape index (κ1) is 16.5. The summed E-state index contributed by atoms with van der Waals surface area (Å²) in [7, 11) is 0. The zero-order chi connectivity index (χ0) is 17.2. The number of nitrogens with one attached hydrogen (secondary N) is 1. The van der Waals surface area contributed by atoms with E-state index in [1.807, 2.05) is 36.5 Å². The number of pyridine rings is 1.